The van der Waals surface area contributed by atoms with Crippen LogP contribution in [0.1, 0.15) is 21.6 Å². The largest absolute Gasteiger partial charge is 0.354 e. The van der Waals surface area contributed by atoms with Gasteiger partial charge in [-0.1, -0.05) is 47.4 Å². The average molecular weight is 344 g/mol. The molecule has 1 N–H and O–H groups in total. The van der Waals surface area contributed by atoms with Crippen molar-refractivity contribution in [2.24, 2.45) is 0 Å². The van der Waals surface area contributed by atoms with Crippen molar-refractivity contribution in [2.75, 3.05) is 0 Å². The van der Waals surface area contributed by atoms with E-state index in [0.717, 1.165) is 11.0 Å². The lowest BCUT2D eigenvalue weighted by molar-refractivity contribution is 0.0680. The first-order valence-electron chi connectivity index (χ1n) is 7.34. The molecule has 0 aliphatic heterocycles. The van der Waals surface area contributed by atoms with Crippen molar-refractivity contribution in [3.8, 4) is 0 Å². The van der Waals surface area contributed by atoms with E-state index in [1.165, 1.54) is 0 Å². The molecule has 0 fully saturated rings. The van der Waals surface area contributed by atoms with E-state index in [0.29, 0.717) is 21.6 Å². The summed E-state index contributed by atoms with van der Waals surface area (Å²) in [5, 5.41) is 1.11. The van der Waals surface area contributed by atoms with Gasteiger partial charge in [-0.2, -0.15) is 0 Å². The first-order chi connectivity index (χ1) is 11.5. The SMILES string of the molecule is Bc1ccc2c(C(=O)C(F)F)c(/C=C/c3ccc(Cl)cc3)[nH]c2c1. The van der Waals surface area contributed by atoms with Gasteiger partial charge in [0.25, 0.3) is 0 Å². The number of nitrogens with one attached hydrogen (secondary N) is 1. The number of alkyl halides is 2. The third kappa shape index (κ3) is 3.26. The van der Waals surface area contributed by atoms with Gasteiger partial charge in [0.1, 0.15) is 7.85 Å². The molecule has 0 bridgehead atoms. The maximum absolute atomic E-state index is 13.0. The van der Waals surface area contributed by atoms with Crippen molar-refractivity contribution in [3.63, 3.8) is 0 Å². The Labute approximate surface area is 143 Å². The van der Waals surface area contributed by atoms with Gasteiger partial charge in [-0.05, 0) is 29.8 Å². The van der Waals surface area contributed by atoms with Gasteiger partial charge in [0, 0.05) is 15.9 Å². The van der Waals surface area contributed by atoms with Crippen LogP contribution < -0.4 is 5.46 Å². The van der Waals surface area contributed by atoms with E-state index < -0.39 is 12.2 Å². The lowest BCUT2D eigenvalue weighted by atomic mass is 9.94. The Bertz CT molecular complexity index is 932. The number of aromatic nitrogens is 1. The summed E-state index contributed by atoms with van der Waals surface area (Å²) in [6.45, 7) is 0. The Balaban J connectivity index is 2.10. The molecule has 0 radical (unpaired) electrons. The predicted octanol–water partition coefficient (Wildman–Crippen LogP) is 3.70. The van der Waals surface area contributed by atoms with E-state index in [4.69, 9.17) is 11.6 Å². The maximum Gasteiger partial charge on any atom is 0.300 e. The van der Waals surface area contributed by atoms with Crippen LogP contribution >= 0.6 is 11.6 Å². The van der Waals surface area contributed by atoms with E-state index in [-0.39, 0.29) is 5.56 Å². The molecule has 0 saturated heterocycles. The van der Waals surface area contributed by atoms with Crippen LogP contribution in [0.4, 0.5) is 8.78 Å². The fraction of sp³-hybridized carbons (Fsp3) is 0.0556. The number of Topliss-reactive ketones (excluding diaryl/α,β-unsaturated/α-hetero) is 1. The fourth-order valence-electron chi connectivity index (χ4n) is 2.59. The number of aromatic amines is 1. The minimum absolute atomic E-state index is 0.0187. The smallest absolute Gasteiger partial charge is 0.300 e. The maximum atomic E-state index is 13.0. The molecule has 3 rings (SSSR count). The number of rotatable bonds is 4. The second-order valence-electron chi connectivity index (χ2n) is 5.51. The molecule has 2 aromatic carbocycles. The zero-order valence-corrected chi connectivity index (χ0v) is 13.6. The fourth-order valence-corrected chi connectivity index (χ4v) is 2.71. The molecule has 1 aromatic heterocycles. The Kier molecular flexibility index (Phi) is 4.54. The van der Waals surface area contributed by atoms with Crippen LogP contribution in [0.25, 0.3) is 23.1 Å². The van der Waals surface area contributed by atoms with Gasteiger partial charge in [-0.25, -0.2) is 8.78 Å². The number of ketones is 1. The second-order valence-corrected chi connectivity index (χ2v) is 5.95. The number of halogens is 3. The molecule has 0 aliphatic carbocycles. The first-order valence-corrected chi connectivity index (χ1v) is 7.72. The van der Waals surface area contributed by atoms with Crippen molar-refractivity contribution in [1.82, 2.24) is 4.98 Å². The summed E-state index contributed by atoms with van der Waals surface area (Å²) in [5.41, 5.74) is 2.88. The van der Waals surface area contributed by atoms with Crippen LogP contribution in [-0.2, 0) is 0 Å². The average Bonchev–Trinajstić information content (AvgIpc) is 2.90. The van der Waals surface area contributed by atoms with Crippen molar-refractivity contribution in [1.29, 1.82) is 0 Å². The van der Waals surface area contributed by atoms with Crippen LogP contribution in [0.5, 0.6) is 0 Å². The van der Waals surface area contributed by atoms with E-state index >= 15 is 0 Å². The summed E-state index contributed by atoms with van der Waals surface area (Å²) in [4.78, 5) is 15.0. The Morgan fingerprint density at radius 3 is 2.50 bits per heavy atom. The van der Waals surface area contributed by atoms with E-state index in [9.17, 15) is 13.6 Å². The number of hydrogen-bond acceptors (Lipinski definition) is 1. The lowest BCUT2D eigenvalue weighted by Crippen LogP contribution is -2.11. The minimum Gasteiger partial charge on any atom is -0.354 e. The summed E-state index contributed by atoms with van der Waals surface area (Å²) in [6, 6.07) is 12.4. The molecule has 2 nitrogen and oxygen atoms in total. The molecule has 0 amide bonds. The van der Waals surface area contributed by atoms with E-state index in [1.807, 2.05) is 13.9 Å². The van der Waals surface area contributed by atoms with Gasteiger partial charge in [-0.15, -0.1) is 0 Å². The zero-order valence-electron chi connectivity index (χ0n) is 12.8. The monoisotopic (exact) mass is 343 g/mol. The molecule has 0 aliphatic rings. The molecule has 24 heavy (non-hydrogen) atoms. The van der Waals surface area contributed by atoms with Crippen LogP contribution in [0, 0.1) is 0 Å². The Morgan fingerprint density at radius 2 is 1.83 bits per heavy atom. The van der Waals surface area contributed by atoms with Gasteiger partial charge in [0.15, 0.2) is 0 Å². The normalized spacial score (nSPS) is 11.7. The highest BCUT2D eigenvalue weighted by Crippen LogP contribution is 2.26. The van der Waals surface area contributed by atoms with E-state index in [1.54, 1.807) is 48.6 Å². The van der Waals surface area contributed by atoms with Crippen molar-refractivity contribution in [3.05, 3.63) is 64.3 Å². The zero-order chi connectivity index (χ0) is 17.3. The Hall–Kier alpha value is -2.40. The minimum atomic E-state index is -3.05. The summed E-state index contributed by atoms with van der Waals surface area (Å²) in [6.07, 6.45) is 0.331. The molecule has 3 aromatic rings. The third-order valence-corrected chi connectivity index (χ3v) is 3.99. The summed E-state index contributed by atoms with van der Waals surface area (Å²) < 4.78 is 26.0. The van der Waals surface area contributed by atoms with E-state index in [2.05, 4.69) is 4.98 Å². The molecule has 0 spiro atoms. The molecular weight excluding hydrogens is 330 g/mol. The third-order valence-electron chi connectivity index (χ3n) is 3.74. The quantitative estimate of drug-likeness (QED) is 0.569. The summed E-state index contributed by atoms with van der Waals surface area (Å²) >= 11 is 5.84. The van der Waals surface area contributed by atoms with Gasteiger partial charge >= 0.3 is 6.43 Å². The lowest BCUT2D eigenvalue weighted by Gasteiger charge is -2.00. The number of H-pyrrole nitrogens is 1. The van der Waals surface area contributed by atoms with Gasteiger partial charge in [0.2, 0.25) is 5.78 Å². The number of fused-ring (bicyclic) bond motifs is 1. The van der Waals surface area contributed by atoms with Gasteiger partial charge in [-0.3, -0.25) is 4.79 Å². The molecule has 0 atom stereocenters. The van der Waals surface area contributed by atoms with Crippen molar-refractivity contribution in [2.45, 2.75) is 6.43 Å². The van der Waals surface area contributed by atoms with Crippen molar-refractivity contribution < 1.29 is 13.6 Å². The highest BCUT2D eigenvalue weighted by molar-refractivity contribution is 6.33. The van der Waals surface area contributed by atoms with Crippen LogP contribution in [0.3, 0.4) is 0 Å². The molecule has 0 saturated carbocycles. The number of carbonyl (C=O) groups is 1. The predicted molar refractivity (Wildman–Crippen MR) is 97.2 cm³/mol. The first kappa shape index (κ1) is 16.5. The van der Waals surface area contributed by atoms with Gasteiger partial charge in [0.05, 0.1) is 11.3 Å². The van der Waals surface area contributed by atoms with Crippen molar-refractivity contribution >= 4 is 53.7 Å². The second kappa shape index (κ2) is 6.61. The number of hydrogen-bond donors (Lipinski definition) is 1. The molecule has 1 heterocycles. The van der Waals surface area contributed by atoms with Crippen LogP contribution in [0.15, 0.2) is 42.5 Å². The summed E-state index contributed by atoms with van der Waals surface area (Å²) in [7, 11) is 1.90. The molecule has 0 unspecified atom stereocenters. The standard InChI is InChI=1S/C18H13BClF2NO/c19-11-4-7-13-15(9-11)23-14(16(13)17(24)18(21)22)8-3-10-1-5-12(20)6-2-10/h1-9,18,23H,19H2/b8-3+. The van der Waals surface area contributed by atoms with Crippen LogP contribution in [0.2, 0.25) is 5.02 Å². The van der Waals surface area contributed by atoms with Crippen LogP contribution in [-0.4, -0.2) is 25.0 Å². The topological polar surface area (TPSA) is 32.9 Å². The summed E-state index contributed by atoms with van der Waals surface area (Å²) in [5.74, 6) is -1.18. The Morgan fingerprint density at radius 1 is 1.12 bits per heavy atom. The molecular formula is C18H13BClF2NO. The van der Waals surface area contributed by atoms with Gasteiger partial charge < -0.3 is 4.98 Å². The number of benzene rings is 2. The highest BCUT2D eigenvalue weighted by atomic mass is 35.5. The molecule has 6 heteroatoms. The highest BCUT2D eigenvalue weighted by Gasteiger charge is 2.24. The number of carbonyl (C=O) groups excluding carboxylic acids is 1. The molecule has 120 valence electrons.